The third kappa shape index (κ3) is 3.79. The fourth-order valence-corrected chi connectivity index (χ4v) is 1.84. The molecule has 0 aliphatic rings. The van der Waals surface area contributed by atoms with E-state index < -0.39 is 0 Å². The zero-order valence-corrected chi connectivity index (χ0v) is 12.7. The zero-order valence-electron chi connectivity index (χ0n) is 9.75. The van der Waals surface area contributed by atoms with Gasteiger partial charge in [-0.05, 0) is 18.2 Å². The van der Waals surface area contributed by atoms with E-state index >= 15 is 0 Å². The van der Waals surface area contributed by atoms with Crippen molar-refractivity contribution < 1.29 is 17.0 Å². The molecule has 3 heteroatoms. The van der Waals surface area contributed by atoms with Crippen LogP contribution in [0.1, 0.15) is 31.7 Å². The maximum Gasteiger partial charge on any atom is 2.00 e. The number of halogens is 1. The molecule has 0 N–H and O–H groups in total. The minimum atomic E-state index is 0. The first-order valence-electron chi connectivity index (χ1n) is 5.41. The predicted octanol–water partition coefficient (Wildman–Crippen LogP) is 0.153. The van der Waals surface area contributed by atoms with Gasteiger partial charge in [0.15, 0.2) is 0 Å². The van der Waals surface area contributed by atoms with Crippen molar-refractivity contribution in [2.75, 3.05) is 0 Å². The largest absolute Gasteiger partial charge is 2.00 e. The van der Waals surface area contributed by atoms with Gasteiger partial charge in [0.1, 0.15) is 0 Å². The molecule has 0 bridgehead atoms. The van der Waals surface area contributed by atoms with Crippen LogP contribution >= 0.6 is 0 Å². The van der Waals surface area contributed by atoms with Gasteiger partial charge in [-0.3, -0.25) is 0 Å². The summed E-state index contributed by atoms with van der Waals surface area (Å²) in [5, 5.41) is 1.34. The van der Waals surface area contributed by atoms with Crippen molar-refractivity contribution in [3.63, 3.8) is 0 Å². The van der Waals surface area contributed by atoms with Crippen molar-refractivity contribution in [2.45, 2.75) is 32.6 Å². The number of unbranched alkanes of at least 4 members (excludes halogenated alkanes) is 2. The van der Waals surface area contributed by atoms with Gasteiger partial charge >= 0.3 is 23.1 Å². The first-order valence-corrected chi connectivity index (χ1v) is 5.41. The molecule has 0 amide bonds. The van der Waals surface area contributed by atoms with Crippen molar-refractivity contribution in [1.82, 2.24) is 4.98 Å². The van der Waals surface area contributed by atoms with Crippen LogP contribution in [-0.2, 0) is 6.42 Å². The van der Waals surface area contributed by atoms with E-state index in [9.17, 15) is 0 Å². The number of fused-ring (bicyclic) bond motifs is 1. The smallest absolute Gasteiger partial charge is 1.00 e. The number of hydrogen-bond acceptors (Lipinski definition) is 0. The van der Waals surface area contributed by atoms with Gasteiger partial charge in [0.05, 0.1) is 0 Å². The molecule has 1 heterocycles. The van der Waals surface area contributed by atoms with E-state index in [1.165, 1.54) is 36.6 Å². The Hall–Kier alpha value is 0.00623. The summed E-state index contributed by atoms with van der Waals surface area (Å²) in [6.45, 7) is 2.24. The van der Waals surface area contributed by atoms with Crippen molar-refractivity contribution in [3.8, 4) is 0 Å². The van der Waals surface area contributed by atoms with E-state index in [2.05, 4.69) is 30.1 Å². The molecule has 16 heavy (non-hydrogen) atoms. The van der Waals surface area contributed by atoms with Crippen LogP contribution in [0.2, 0.25) is 0 Å². The first-order chi connectivity index (χ1) is 6.92. The first kappa shape index (κ1) is 16.0. The fraction of sp³-hybridized carbons (Fsp3) is 0.385. The molecule has 0 atom stereocenters. The van der Waals surface area contributed by atoms with Gasteiger partial charge in [-0.1, -0.05) is 49.6 Å². The summed E-state index contributed by atoms with van der Waals surface area (Å²) >= 11 is 0. The van der Waals surface area contributed by atoms with Gasteiger partial charge in [-0.15, -0.1) is 5.52 Å². The molecule has 0 radical (unpaired) electrons. The van der Waals surface area contributed by atoms with Crippen LogP contribution in [0.15, 0.2) is 30.5 Å². The Kier molecular flexibility index (Phi) is 8.15. The molecule has 0 spiro atoms. The number of benzene rings is 1. The Balaban J connectivity index is 0.00000112. The van der Waals surface area contributed by atoms with Crippen LogP contribution in [0.3, 0.4) is 0 Å². The Labute approximate surface area is 124 Å². The quantitative estimate of drug-likeness (QED) is 0.578. The van der Waals surface area contributed by atoms with E-state index in [-0.39, 0.29) is 40.0 Å². The topological polar surface area (TPSA) is 14.1 Å². The van der Waals surface area contributed by atoms with Crippen LogP contribution in [0.4, 0.5) is 0 Å². The van der Waals surface area contributed by atoms with Crippen LogP contribution < -0.4 is 22.0 Å². The van der Waals surface area contributed by atoms with Gasteiger partial charge in [0.25, 0.3) is 0 Å². The predicted molar refractivity (Wildman–Crippen MR) is 66.3 cm³/mol. The molecule has 82 valence electrons. The molecule has 0 unspecified atom stereocenters. The van der Waals surface area contributed by atoms with Crippen molar-refractivity contribution in [1.29, 1.82) is 0 Å². The number of para-hydroxylation sites is 1. The molecule has 1 nitrogen and oxygen atoms in total. The standard InChI is InChI=1S/C13H16N.BrH.Mg/c1-2-3-4-7-11-10-14-13-9-6-5-8-12(11)13;;/h5-6,8-10H,2-4,7H2,1H3;1H;/q-1;;+2/p-1. The minimum absolute atomic E-state index is 0. The van der Waals surface area contributed by atoms with E-state index in [1.54, 1.807) is 0 Å². The summed E-state index contributed by atoms with van der Waals surface area (Å²) < 4.78 is 0. The summed E-state index contributed by atoms with van der Waals surface area (Å²) in [5.74, 6) is 0. The molecule has 0 saturated carbocycles. The Bertz CT molecular complexity index is 411. The fourth-order valence-electron chi connectivity index (χ4n) is 1.84. The molecule has 1 aromatic carbocycles. The molecule has 0 aliphatic heterocycles. The molecule has 2 rings (SSSR count). The monoisotopic (exact) mass is 289 g/mol. The Morgan fingerprint density at radius 2 is 1.88 bits per heavy atom. The van der Waals surface area contributed by atoms with Gasteiger partial charge in [0.2, 0.25) is 0 Å². The summed E-state index contributed by atoms with van der Waals surface area (Å²) in [6, 6.07) is 8.39. The third-order valence-corrected chi connectivity index (χ3v) is 2.66. The van der Waals surface area contributed by atoms with Crippen LogP contribution in [-0.4, -0.2) is 23.1 Å². The van der Waals surface area contributed by atoms with E-state index in [0.29, 0.717) is 0 Å². The molecular weight excluding hydrogens is 274 g/mol. The van der Waals surface area contributed by atoms with Gasteiger partial charge in [-0.2, -0.15) is 6.20 Å². The summed E-state index contributed by atoms with van der Waals surface area (Å²) in [5.41, 5.74) is 2.55. The average molecular weight is 290 g/mol. The number of hydrogen-bond donors (Lipinski definition) is 0. The SMILES string of the molecule is CCCCCc1c[n-]c2ccccc12.[Br-].[Mg+2]. The molecule has 1 aromatic heterocycles. The average Bonchev–Trinajstić information content (AvgIpc) is 2.63. The second-order valence-corrected chi connectivity index (χ2v) is 3.76. The second kappa shape index (κ2) is 8.15. The van der Waals surface area contributed by atoms with Crippen molar-refractivity contribution >= 4 is 34.0 Å². The van der Waals surface area contributed by atoms with E-state index in [0.717, 1.165) is 5.52 Å². The van der Waals surface area contributed by atoms with Crippen LogP contribution in [0, 0.1) is 0 Å². The summed E-state index contributed by atoms with van der Waals surface area (Å²) in [6.07, 6.45) is 7.09. The maximum atomic E-state index is 4.40. The number of aromatic nitrogens is 1. The van der Waals surface area contributed by atoms with Crippen LogP contribution in [0.5, 0.6) is 0 Å². The minimum Gasteiger partial charge on any atom is -1.00 e. The third-order valence-electron chi connectivity index (χ3n) is 2.66. The molecule has 0 aliphatic carbocycles. The van der Waals surface area contributed by atoms with Crippen molar-refractivity contribution in [2.24, 2.45) is 0 Å². The molecule has 2 aromatic rings. The Morgan fingerprint density at radius 1 is 1.12 bits per heavy atom. The van der Waals surface area contributed by atoms with E-state index in [4.69, 9.17) is 0 Å². The van der Waals surface area contributed by atoms with Gasteiger partial charge in [0, 0.05) is 0 Å². The van der Waals surface area contributed by atoms with E-state index in [1.807, 2.05) is 12.3 Å². The number of rotatable bonds is 4. The Morgan fingerprint density at radius 3 is 2.62 bits per heavy atom. The zero-order chi connectivity index (χ0) is 9.80. The van der Waals surface area contributed by atoms with Gasteiger partial charge in [-0.25, -0.2) is 0 Å². The van der Waals surface area contributed by atoms with Crippen molar-refractivity contribution in [3.05, 3.63) is 36.0 Å². The number of nitrogens with zero attached hydrogens (tertiary/aromatic N) is 1. The van der Waals surface area contributed by atoms with Gasteiger partial charge < -0.3 is 22.0 Å². The summed E-state index contributed by atoms with van der Waals surface area (Å²) in [4.78, 5) is 4.40. The normalized spacial score (nSPS) is 9.56. The summed E-state index contributed by atoms with van der Waals surface area (Å²) in [7, 11) is 0. The number of aryl methyl sites for hydroxylation is 1. The molecule has 0 saturated heterocycles. The van der Waals surface area contributed by atoms with Crippen LogP contribution in [0.25, 0.3) is 10.9 Å². The molecule has 0 fully saturated rings. The maximum absolute atomic E-state index is 4.40. The molecular formula is C13H16BrMgN. The second-order valence-electron chi connectivity index (χ2n) is 3.76.